The molecule has 0 bridgehead atoms. The lowest BCUT2D eigenvalue weighted by Crippen LogP contribution is -1.88. The van der Waals surface area contributed by atoms with Crippen LogP contribution in [0.15, 0.2) is 53.9 Å². The van der Waals surface area contributed by atoms with Gasteiger partial charge in [0.25, 0.3) is 5.69 Å². The Morgan fingerprint density at radius 2 is 2.08 bits per heavy atom. The van der Waals surface area contributed by atoms with Gasteiger partial charge in [0.1, 0.15) is 11.1 Å². The van der Waals surface area contributed by atoms with Crippen LogP contribution in [-0.4, -0.2) is 9.91 Å². The maximum atomic E-state index is 10.9. The van der Waals surface area contributed by atoms with E-state index in [1.54, 1.807) is 23.6 Å². The second-order valence-corrected chi connectivity index (χ2v) is 6.47. The molecule has 0 atom stereocenters. The zero-order valence-electron chi connectivity index (χ0n) is 14.0. The van der Waals surface area contributed by atoms with E-state index in [0.29, 0.717) is 21.8 Å². The van der Waals surface area contributed by atoms with Gasteiger partial charge in [-0.1, -0.05) is 43.3 Å². The Morgan fingerprint density at radius 1 is 1.31 bits per heavy atom. The predicted molar refractivity (Wildman–Crippen MR) is 104 cm³/mol. The highest BCUT2D eigenvalue weighted by molar-refractivity contribution is 7.11. The fraction of sp³-hybridized carbons (Fsp3) is 0.100. The molecule has 3 aromatic rings. The largest absolute Gasteiger partial charge is 0.270 e. The molecule has 0 aliphatic rings. The monoisotopic (exact) mass is 361 g/mol. The molecule has 3 rings (SSSR count). The summed E-state index contributed by atoms with van der Waals surface area (Å²) in [5, 5.41) is 22.8. The van der Waals surface area contributed by atoms with Crippen LogP contribution in [-0.2, 0) is 6.42 Å². The number of allylic oxidation sites excluding steroid dienone is 1. The number of aromatic nitrogens is 1. The van der Waals surface area contributed by atoms with Gasteiger partial charge in [-0.2, -0.15) is 5.26 Å². The zero-order chi connectivity index (χ0) is 18.5. The van der Waals surface area contributed by atoms with Crippen molar-refractivity contribution >= 4 is 28.7 Å². The molecule has 0 fully saturated rings. The summed E-state index contributed by atoms with van der Waals surface area (Å²) in [6.07, 6.45) is 2.77. The van der Waals surface area contributed by atoms with Crippen molar-refractivity contribution in [3.05, 3.63) is 80.2 Å². The molecule has 128 valence electrons. The second kappa shape index (κ2) is 7.72. The highest BCUT2D eigenvalue weighted by atomic mass is 32.1. The van der Waals surface area contributed by atoms with Gasteiger partial charge < -0.3 is 0 Å². The van der Waals surface area contributed by atoms with Gasteiger partial charge in [0.05, 0.1) is 16.2 Å². The number of nitriles is 1. The first-order chi connectivity index (χ1) is 12.6. The highest BCUT2D eigenvalue weighted by Gasteiger charge is 2.12. The van der Waals surface area contributed by atoms with Crippen LogP contribution in [0.2, 0.25) is 0 Å². The SMILES string of the molecule is CCc1ccc(/C=C(\C#N)c2nc(-c3cccc([N+](=O)[O-])c3)cs2)cc1. The lowest BCUT2D eigenvalue weighted by Gasteiger charge is -1.99. The highest BCUT2D eigenvalue weighted by Crippen LogP contribution is 2.29. The van der Waals surface area contributed by atoms with Crippen molar-refractivity contribution in [1.29, 1.82) is 5.26 Å². The molecule has 1 aromatic heterocycles. The lowest BCUT2D eigenvalue weighted by atomic mass is 10.1. The molecule has 0 saturated carbocycles. The zero-order valence-corrected chi connectivity index (χ0v) is 14.9. The van der Waals surface area contributed by atoms with E-state index in [1.807, 2.05) is 24.3 Å². The first-order valence-corrected chi connectivity index (χ1v) is 8.90. The standard InChI is InChI=1S/C20H15N3O2S/c1-2-14-6-8-15(9-7-14)10-17(12-21)20-22-19(13-26-20)16-4-3-5-18(11-16)23(24)25/h3-11,13H,2H2,1H3/b17-10+. The molecule has 0 spiro atoms. The van der Waals surface area contributed by atoms with Crippen LogP contribution in [0.4, 0.5) is 5.69 Å². The van der Waals surface area contributed by atoms with Gasteiger partial charge in [-0.05, 0) is 23.6 Å². The summed E-state index contributed by atoms with van der Waals surface area (Å²) in [4.78, 5) is 15.0. The summed E-state index contributed by atoms with van der Waals surface area (Å²) in [5.74, 6) is 0. The van der Waals surface area contributed by atoms with E-state index in [-0.39, 0.29) is 5.69 Å². The third-order valence-electron chi connectivity index (χ3n) is 3.91. The number of benzene rings is 2. The summed E-state index contributed by atoms with van der Waals surface area (Å²) < 4.78 is 0. The molecule has 0 amide bonds. The Balaban J connectivity index is 1.92. The molecule has 6 heteroatoms. The van der Waals surface area contributed by atoms with E-state index >= 15 is 0 Å². The topological polar surface area (TPSA) is 79.8 Å². The van der Waals surface area contributed by atoms with Crippen LogP contribution in [0.25, 0.3) is 22.9 Å². The summed E-state index contributed by atoms with van der Waals surface area (Å²) in [6, 6.07) is 16.5. The number of nitro groups is 1. The predicted octanol–water partition coefficient (Wildman–Crippen LogP) is 5.34. The summed E-state index contributed by atoms with van der Waals surface area (Å²) in [7, 11) is 0. The van der Waals surface area contributed by atoms with Gasteiger partial charge in [-0.25, -0.2) is 4.98 Å². The molecule has 0 N–H and O–H groups in total. The minimum atomic E-state index is -0.433. The summed E-state index contributed by atoms with van der Waals surface area (Å²) in [6.45, 7) is 2.09. The summed E-state index contributed by atoms with van der Waals surface area (Å²) in [5.41, 5.74) is 3.94. The Hall–Kier alpha value is -3.30. The Kier molecular flexibility index (Phi) is 5.20. The molecule has 26 heavy (non-hydrogen) atoms. The minimum absolute atomic E-state index is 0.0177. The number of thiazole rings is 1. The van der Waals surface area contributed by atoms with E-state index < -0.39 is 4.92 Å². The Labute approximate surface area is 155 Å². The fourth-order valence-electron chi connectivity index (χ4n) is 2.47. The van der Waals surface area contributed by atoms with Gasteiger partial charge in [0.2, 0.25) is 0 Å². The van der Waals surface area contributed by atoms with Crippen molar-refractivity contribution in [2.45, 2.75) is 13.3 Å². The summed E-state index contributed by atoms with van der Waals surface area (Å²) >= 11 is 1.35. The third-order valence-corrected chi connectivity index (χ3v) is 4.78. The van der Waals surface area contributed by atoms with E-state index in [0.717, 1.165) is 12.0 Å². The van der Waals surface area contributed by atoms with Crippen LogP contribution in [0.5, 0.6) is 0 Å². The molecule has 0 radical (unpaired) electrons. The molecular formula is C20H15N3O2S. The van der Waals surface area contributed by atoms with Crippen LogP contribution in [0.3, 0.4) is 0 Å². The molecular weight excluding hydrogens is 346 g/mol. The normalized spacial score (nSPS) is 11.2. The molecule has 0 saturated heterocycles. The van der Waals surface area contributed by atoms with Crippen molar-refractivity contribution in [3.63, 3.8) is 0 Å². The first kappa shape index (κ1) is 17.5. The number of aryl methyl sites for hydroxylation is 1. The Bertz CT molecular complexity index is 1010. The van der Waals surface area contributed by atoms with Gasteiger partial charge >= 0.3 is 0 Å². The maximum absolute atomic E-state index is 10.9. The molecule has 1 heterocycles. The molecule has 0 aliphatic carbocycles. The number of hydrogen-bond acceptors (Lipinski definition) is 5. The molecule has 0 unspecified atom stereocenters. The number of nitro benzene ring substituents is 1. The van der Waals surface area contributed by atoms with E-state index in [1.165, 1.54) is 29.0 Å². The molecule has 5 nitrogen and oxygen atoms in total. The van der Waals surface area contributed by atoms with E-state index in [2.05, 4.69) is 18.0 Å². The van der Waals surface area contributed by atoms with Crippen LogP contribution in [0.1, 0.15) is 23.1 Å². The van der Waals surface area contributed by atoms with Crippen molar-refractivity contribution in [1.82, 2.24) is 4.98 Å². The maximum Gasteiger partial charge on any atom is 0.270 e. The van der Waals surface area contributed by atoms with E-state index in [4.69, 9.17) is 0 Å². The quantitative estimate of drug-likeness (QED) is 0.349. The number of rotatable bonds is 5. The number of hydrogen-bond donors (Lipinski definition) is 0. The van der Waals surface area contributed by atoms with Crippen molar-refractivity contribution in [2.24, 2.45) is 0 Å². The lowest BCUT2D eigenvalue weighted by molar-refractivity contribution is -0.384. The average Bonchev–Trinajstić information content (AvgIpc) is 3.16. The van der Waals surface area contributed by atoms with Crippen LogP contribution in [0, 0.1) is 21.4 Å². The number of non-ortho nitro benzene ring substituents is 1. The van der Waals surface area contributed by atoms with Gasteiger partial charge in [0.15, 0.2) is 0 Å². The van der Waals surface area contributed by atoms with Gasteiger partial charge in [0, 0.05) is 23.1 Å². The van der Waals surface area contributed by atoms with Gasteiger partial charge in [-0.15, -0.1) is 11.3 Å². The third kappa shape index (κ3) is 3.85. The minimum Gasteiger partial charge on any atom is -0.258 e. The van der Waals surface area contributed by atoms with E-state index in [9.17, 15) is 15.4 Å². The second-order valence-electron chi connectivity index (χ2n) is 5.61. The molecule has 2 aromatic carbocycles. The fourth-order valence-corrected chi connectivity index (χ4v) is 3.26. The van der Waals surface area contributed by atoms with Gasteiger partial charge in [-0.3, -0.25) is 10.1 Å². The Morgan fingerprint density at radius 3 is 2.73 bits per heavy atom. The van der Waals surface area contributed by atoms with Crippen molar-refractivity contribution in [2.75, 3.05) is 0 Å². The average molecular weight is 361 g/mol. The van der Waals surface area contributed by atoms with Crippen molar-refractivity contribution < 1.29 is 4.92 Å². The smallest absolute Gasteiger partial charge is 0.258 e. The van der Waals surface area contributed by atoms with Crippen molar-refractivity contribution in [3.8, 4) is 17.3 Å². The number of nitrogens with zero attached hydrogens (tertiary/aromatic N) is 3. The van der Waals surface area contributed by atoms with Crippen LogP contribution < -0.4 is 0 Å². The first-order valence-electron chi connectivity index (χ1n) is 8.02. The van der Waals surface area contributed by atoms with Crippen LogP contribution >= 0.6 is 11.3 Å². The molecule has 0 aliphatic heterocycles.